The maximum absolute atomic E-state index is 5.28. The first kappa shape index (κ1) is 33.0. The fourth-order valence-electron chi connectivity index (χ4n) is 9.15. The lowest BCUT2D eigenvalue weighted by Crippen LogP contribution is -2.28. The van der Waals surface area contributed by atoms with Gasteiger partial charge in [0, 0.05) is 22.5 Å². The van der Waals surface area contributed by atoms with Crippen LogP contribution in [0.2, 0.25) is 0 Å². The van der Waals surface area contributed by atoms with Crippen LogP contribution in [-0.2, 0) is 5.41 Å². The number of rotatable bonds is 5. The van der Waals surface area contributed by atoms with E-state index >= 15 is 0 Å². The summed E-state index contributed by atoms with van der Waals surface area (Å²) in [6, 6.07) is 60.2. The number of aromatic nitrogens is 2. The fraction of sp³-hybridized carbons (Fsp3) is 0.0943. The van der Waals surface area contributed by atoms with Crippen molar-refractivity contribution in [2.75, 3.05) is 0 Å². The van der Waals surface area contributed by atoms with Gasteiger partial charge in [-0.15, -0.1) is 0 Å². The third-order valence-corrected chi connectivity index (χ3v) is 12.2. The van der Waals surface area contributed by atoms with Crippen molar-refractivity contribution < 1.29 is 0 Å². The molecule has 0 radical (unpaired) electrons. The molecular weight excluding hydrogens is 665 g/mol. The molecule has 2 aromatic heterocycles. The molecule has 2 nitrogen and oxygen atoms in total. The second kappa shape index (κ2) is 12.7. The average molecular weight is 705 g/mol. The molecule has 0 fully saturated rings. The van der Waals surface area contributed by atoms with Crippen LogP contribution >= 0.6 is 0 Å². The summed E-state index contributed by atoms with van der Waals surface area (Å²) in [6.45, 7) is 8.68. The molecule has 1 aliphatic carbocycles. The van der Waals surface area contributed by atoms with Gasteiger partial charge in [0.15, 0.2) is 0 Å². The third-order valence-electron chi connectivity index (χ3n) is 12.2. The normalized spacial score (nSPS) is 12.9. The molecule has 55 heavy (non-hydrogen) atoms. The quantitative estimate of drug-likeness (QED) is 0.167. The Balaban J connectivity index is 1.04. The van der Waals surface area contributed by atoms with Crippen molar-refractivity contribution in [3.8, 4) is 44.6 Å². The maximum atomic E-state index is 5.28. The molecule has 2 heteroatoms. The Labute approximate surface area is 322 Å². The predicted octanol–water partition coefficient (Wildman–Crippen LogP) is 13.4. The summed E-state index contributed by atoms with van der Waals surface area (Å²) in [5.41, 5.74) is 21.2. The number of hydrogen-bond acceptors (Lipinski definition) is 2. The van der Waals surface area contributed by atoms with E-state index in [0.717, 1.165) is 22.3 Å². The molecule has 0 spiro atoms. The van der Waals surface area contributed by atoms with Gasteiger partial charge in [-0.25, -0.2) is 4.98 Å². The number of aryl methyl sites for hydroxylation is 3. The molecule has 0 atom stereocenters. The van der Waals surface area contributed by atoms with Crippen LogP contribution in [0.3, 0.4) is 0 Å². The van der Waals surface area contributed by atoms with Crippen LogP contribution in [0.4, 0.5) is 0 Å². The summed E-state index contributed by atoms with van der Waals surface area (Å²) >= 11 is 0. The minimum atomic E-state index is -0.412. The first-order valence-corrected chi connectivity index (χ1v) is 19.2. The molecule has 0 N–H and O–H groups in total. The molecule has 0 saturated carbocycles. The molecule has 262 valence electrons. The number of pyridine rings is 2. The van der Waals surface area contributed by atoms with Crippen LogP contribution in [0.5, 0.6) is 0 Å². The minimum absolute atomic E-state index is 0.412. The Bertz CT molecular complexity index is 2890. The summed E-state index contributed by atoms with van der Waals surface area (Å²) in [5, 5.41) is 2.34. The summed E-state index contributed by atoms with van der Waals surface area (Å²) < 4.78 is 0. The first-order valence-electron chi connectivity index (χ1n) is 19.2. The molecular formula is C53H40N2. The summed E-state index contributed by atoms with van der Waals surface area (Å²) in [4.78, 5) is 10.1. The lowest BCUT2D eigenvalue weighted by molar-refractivity contribution is 0.768. The number of nitrogens with zero attached hydrogens (tertiary/aromatic N) is 2. The molecule has 0 amide bonds. The highest BCUT2D eigenvalue weighted by atomic mass is 14.8. The van der Waals surface area contributed by atoms with Crippen LogP contribution in [0.25, 0.3) is 66.4 Å². The van der Waals surface area contributed by atoms with Crippen molar-refractivity contribution in [3.05, 3.63) is 214 Å². The van der Waals surface area contributed by atoms with Crippen molar-refractivity contribution in [1.82, 2.24) is 9.97 Å². The fourth-order valence-corrected chi connectivity index (χ4v) is 9.15. The number of benzene rings is 7. The van der Waals surface area contributed by atoms with Crippen LogP contribution in [0, 0.1) is 27.7 Å². The monoisotopic (exact) mass is 704 g/mol. The molecule has 0 unspecified atom stereocenters. The Morgan fingerprint density at radius 3 is 1.58 bits per heavy atom. The zero-order valence-corrected chi connectivity index (χ0v) is 31.6. The van der Waals surface area contributed by atoms with Crippen LogP contribution in [-0.4, -0.2) is 9.97 Å². The maximum Gasteiger partial charge on any atom is 0.0975 e. The molecule has 9 aromatic rings. The average Bonchev–Trinajstić information content (AvgIpc) is 3.55. The summed E-state index contributed by atoms with van der Waals surface area (Å²) in [6.07, 6.45) is 1.97. The smallest absolute Gasteiger partial charge is 0.0975 e. The first-order chi connectivity index (χ1) is 26.9. The van der Waals surface area contributed by atoms with Crippen LogP contribution in [0.15, 0.2) is 170 Å². The second-order valence-electron chi connectivity index (χ2n) is 15.0. The summed E-state index contributed by atoms with van der Waals surface area (Å²) in [7, 11) is 0. The molecule has 0 bridgehead atoms. The van der Waals surface area contributed by atoms with Crippen molar-refractivity contribution >= 4 is 21.8 Å². The molecule has 0 saturated heterocycles. The summed E-state index contributed by atoms with van der Waals surface area (Å²) in [5.74, 6) is 0. The van der Waals surface area contributed by atoms with E-state index in [1.165, 1.54) is 88.7 Å². The highest BCUT2D eigenvalue weighted by Gasteiger charge is 2.46. The Kier molecular flexibility index (Phi) is 7.64. The van der Waals surface area contributed by atoms with Gasteiger partial charge in [-0.1, -0.05) is 164 Å². The van der Waals surface area contributed by atoms with E-state index < -0.39 is 5.41 Å². The molecule has 0 aliphatic heterocycles. The lowest BCUT2D eigenvalue weighted by atomic mass is 9.67. The zero-order chi connectivity index (χ0) is 37.3. The SMILES string of the molecule is Cc1cnc2c(ccc3c(C)c(C)c(-c4ccc(-c5ccc(-c6cccc7c6-c6ccccc6C7(c6ccccc6)c6ccccc6)cc5)cc4)nc32)c1C. The number of fused-ring (bicyclic) bond motifs is 6. The minimum Gasteiger partial charge on any atom is -0.254 e. The van der Waals surface area contributed by atoms with E-state index in [9.17, 15) is 0 Å². The highest BCUT2D eigenvalue weighted by Crippen LogP contribution is 2.58. The molecule has 2 heterocycles. The largest absolute Gasteiger partial charge is 0.254 e. The van der Waals surface area contributed by atoms with Gasteiger partial charge in [-0.05, 0) is 106 Å². The van der Waals surface area contributed by atoms with Gasteiger partial charge in [0.1, 0.15) is 0 Å². The third kappa shape index (κ3) is 4.95. The van der Waals surface area contributed by atoms with Gasteiger partial charge in [0.25, 0.3) is 0 Å². The van der Waals surface area contributed by atoms with Gasteiger partial charge < -0.3 is 0 Å². The molecule has 10 rings (SSSR count). The predicted molar refractivity (Wildman–Crippen MR) is 230 cm³/mol. The van der Waals surface area contributed by atoms with E-state index in [4.69, 9.17) is 9.97 Å². The highest BCUT2D eigenvalue weighted by molar-refractivity contribution is 6.06. The Morgan fingerprint density at radius 1 is 0.400 bits per heavy atom. The topological polar surface area (TPSA) is 25.8 Å². The van der Waals surface area contributed by atoms with E-state index in [-0.39, 0.29) is 0 Å². The van der Waals surface area contributed by atoms with Crippen LogP contribution in [0.1, 0.15) is 44.5 Å². The Hall–Kier alpha value is -6.64. The lowest BCUT2D eigenvalue weighted by Gasteiger charge is -2.34. The van der Waals surface area contributed by atoms with E-state index in [1.807, 2.05) is 6.20 Å². The van der Waals surface area contributed by atoms with Gasteiger partial charge in [0.05, 0.1) is 22.1 Å². The van der Waals surface area contributed by atoms with Gasteiger partial charge in [-0.2, -0.15) is 0 Å². The van der Waals surface area contributed by atoms with Crippen molar-refractivity contribution in [1.29, 1.82) is 0 Å². The van der Waals surface area contributed by atoms with E-state index in [1.54, 1.807) is 0 Å². The molecule has 1 aliphatic rings. The van der Waals surface area contributed by atoms with E-state index in [0.29, 0.717) is 0 Å². The standard InChI is InChI=1S/C53H40N2/c1-33-32-54-51-43(34(33)2)30-31-44-35(3)36(4)50(55-52(44)51)40-28-24-38(25-29-40)37-22-26-39(27-23-37)45-19-13-21-48-49(45)46-18-11-12-20-47(46)53(48,41-14-7-5-8-15-41)42-16-9-6-10-17-42/h5-32H,1-4H3. The van der Waals surface area contributed by atoms with Crippen molar-refractivity contribution in [3.63, 3.8) is 0 Å². The van der Waals surface area contributed by atoms with Gasteiger partial charge >= 0.3 is 0 Å². The van der Waals surface area contributed by atoms with Crippen molar-refractivity contribution in [2.24, 2.45) is 0 Å². The number of hydrogen-bond donors (Lipinski definition) is 0. The van der Waals surface area contributed by atoms with Gasteiger partial charge in [-0.3, -0.25) is 4.98 Å². The second-order valence-corrected chi connectivity index (χ2v) is 15.0. The van der Waals surface area contributed by atoms with E-state index in [2.05, 4.69) is 191 Å². The van der Waals surface area contributed by atoms with Crippen molar-refractivity contribution in [2.45, 2.75) is 33.1 Å². The Morgan fingerprint density at radius 2 is 0.927 bits per heavy atom. The molecule has 7 aromatic carbocycles. The zero-order valence-electron chi connectivity index (χ0n) is 31.6. The van der Waals surface area contributed by atoms with Gasteiger partial charge in [0.2, 0.25) is 0 Å². The van der Waals surface area contributed by atoms with Crippen LogP contribution < -0.4 is 0 Å².